The lowest BCUT2D eigenvalue weighted by Gasteiger charge is -2.08. The Morgan fingerprint density at radius 1 is 1.18 bits per heavy atom. The molecule has 90 valence electrons. The Kier molecular flexibility index (Phi) is 3.18. The Morgan fingerprint density at radius 2 is 1.94 bits per heavy atom. The largest absolute Gasteiger partial charge is 0.484 e. The summed E-state index contributed by atoms with van der Waals surface area (Å²) in [6.45, 7) is 8.33. The number of hydrogen-bond donors (Lipinski definition) is 0. The van der Waals surface area contributed by atoms with Gasteiger partial charge in [-0.05, 0) is 44.9 Å². The van der Waals surface area contributed by atoms with Gasteiger partial charge in [-0.1, -0.05) is 12.1 Å². The second-order valence-corrected chi connectivity index (χ2v) is 4.24. The molecule has 0 unspecified atom stereocenters. The first-order valence-corrected chi connectivity index (χ1v) is 5.70. The lowest BCUT2D eigenvalue weighted by molar-refractivity contribution is 0.259. The lowest BCUT2D eigenvalue weighted by Crippen LogP contribution is -1.98. The molecule has 2 rings (SSSR count). The van der Waals surface area contributed by atoms with E-state index in [4.69, 9.17) is 9.15 Å². The summed E-state index contributed by atoms with van der Waals surface area (Å²) in [5.74, 6) is 2.36. The van der Waals surface area contributed by atoms with Gasteiger partial charge in [-0.25, -0.2) is 4.98 Å². The van der Waals surface area contributed by atoms with Gasteiger partial charge in [0.15, 0.2) is 6.61 Å². The van der Waals surface area contributed by atoms with Crippen LogP contribution in [-0.2, 0) is 6.61 Å². The molecule has 0 spiro atoms. The van der Waals surface area contributed by atoms with Crippen LogP contribution in [-0.4, -0.2) is 4.98 Å². The summed E-state index contributed by atoms with van der Waals surface area (Å²) in [5.41, 5.74) is 3.30. The molecule has 0 N–H and O–H groups in total. The minimum absolute atomic E-state index is 0.374. The summed E-state index contributed by atoms with van der Waals surface area (Å²) >= 11 is 0. The Hall–Kier alpha value is -1.77. The summed E-state index contributed by atoms with van der Waals surface area (Å²) in [5, 5.41) is 0. The maximum atomic E-state index is 5.72. The molecule has 2 aromatic rings. The fourth-order valence-electron chi connectivity index (χ4n) is 1.62. The van der Waals surface area contributed by atoms with Crippen molar-refractivity contribution in [2.75, 3.05) is 0 Å². The van der Waals surface area contributed by atoms with E-state index in [9.17, 15) is 0 Å². The van der Waals surface area contributed by atoms with Crippen molar-refractivity contribution in [2.45, 2.75) is 34.3 Å². The highest BCUT2D eigenvalue weighted by molar-refractivity contribution is 5.38. The molecule has 0 bridgehead atoms. The van der Waals surface area contributed by atoms with E-state index in [0.29, 0.717) is 12.5 Å². The van der Waals surface area contributed by atoms with Crippen molar-refractivity contribution >= 4 is 0 Å². The van der Waals surface area contributed by atoms with Crippen LogP contribution in [0.4, 0.5) is 0 Å². The molecule has 0 aliphatic rings. The van der Waals surface area contributed by atoms with Gasteiger partial charge in [0, 0.05) is 0 Å². The maximum absolute atomic E-state index is 5.72. The number of aromatic nitrogens is 1. The number of benzene rings is 1. The molecule has 0 amide bonds. The molecule has 0 aliphatic carbocycles. The first-order valence-electron chi connectivity index (χ1n) is 5.70. The summed E-state index contributed by atoms with van der Waals surface area (Å²) in [6, 6.07) is 6.02. The molecule has 3 nitrogen and oxygen atoms in total. The van der Waals surface area contributed by atoms with Crippen LogP contribution < -0.4 is 4.74 Å². The molecule has 0 radical (unpaired) electrons. The van der Waals surface area contributed by atoms with E-state index in [1.165, 1.54) is 5.56 Å². The van der Waals surface area contributed by atoms with Crippen molar-refractivity contribution in [1.82, 2.24) is 4.98 Å². The zero-order valence-corrected chi connectivity index (χ0v) is 10.7. The van der Waals surface area contributed by atoms with E-state index in [-0.39, 0.29) is 0 Å². The SMILES string of the molecule is Cc1cccc(OCc2nc(C)c(C)o2)c1C. The second kappa shape index (κ2) is 4.62. The van der Waals surface area contributed by atoms with E-state index in [0.717, 1.165) is 22.8 Å². The molecule has 17 heavy (non-hydrogen) atoms. The van der Waals surface area contributed by atoms with Crippen molar-refractivity contribution in [3.05, 3.63) is 46.7 Å². The van der Waals surface area contributed by atoms with Gasteiger partial charge >= 0.3 is 0 Å². The molecular formula is C14H17NO2. The molecule has 0 saturated heterocycles. The van der Waals surface area contributed by atoms with Gasteiger partial charge < -0.3 is 9.15 Å². The number of rotatable bonds is 3. The monoisotopic (exact) mass is 231 g/mol. The molecule has 0 saturated carbocycles. The summed E-state index contributed by atoms with van der Waals surface area (Å²) in [7, 11) is 0. The minimum Gasteiger partial charge on any atom is -0.484 e. The van der Waals surface area contributed by atoms with Crippen molar-refractivity contribution in [3.63, 3.8) is 0 Å². The average molecular weight is 231 g/mol. The highest BCUT2D eigenvalue weighted by Crippen LogP contribution is 2.21. The molecule has 0 atom stereocenters. The van der Waals surface area contributed by atoms with E-state index in [2.05, 4.69) is 24.9 Å². The van der Waals surface area contributed by atoms with Gasteiger partial charge in [0.05, 0.1) is 5.69 Å². The molecule has 1 heterocycles. The van der Waals surface area contributed by atoms with Crippen molar-refractivity contribution in [3.8, 4) is 5.75 Å². The summed E-state index contributed by atoms with van der Waals surface area (Å²) in [6.07, 6.45) is 0. The smallest absolute Gasteiger partial charge is 0.232 e. The van der Waals surface area contributed by atoms with Crippen LogP contribution in [0.2, 0.25) is 0 Å². The van der Waals surface area contributed by atoms with Crippen LogP contribution in [0.5, 0.6) is 5.75 Å². The third-order valence-electron chi connectivity index (χ3n) is 2.98. The van der Waals surface area contributed by atoms with E-state index in [1.54, 1.807) is 0 Å². The molecule has 1 aromatic carbocycles. The predicted octanol–water partition coefficient (Wildman–Crippen LogP) is 3.49. The average Bonchev–Trinajstić information content (AvgIpc) is 2.61. The van der Waals surface area contributed by atoms with E-state index in [1.807, 2.05) is 26.0 Å². The van der Waals surface area contributed by atoms with E-state index >= 15 is 0 Å². The van der Waals surface area contributed by atoms with Crippen LogP contribution in [0.1, 0.15) is 28.5 Å². The second-order valence-electron chi connectivity index (χ2n) is 4.24. The van der Waals surface area contributed by atoms with Crippen LogP contribution in [0.3, 0.4) is 0 Å². The van der Waals surface area contributed by atoms with Gasteiger partial charge in [-0.15, -0.1) is 0 Å². The third-order valence-corrected chi connectivity index (χ3v) is 2.98. The molecular weight excluding hydrogens is 214 g/mol. The Bertz CT molecular complexity index is 510. The number of nitrogens with zero attached hydrogens (tertiary/aromatic N) is 1. The van der Waals surface area contributed by atoms with Crippen LogP contribution in [0, 0.1) is 27.7 Å². The number of hydrogen-bond acceptors (Lipinski definition) is 3. The van der Waals surface area contributed by atoms with Gasteiger partial charge in [0.25, 0.3) is 0 Å². The van der Waals surface area contributed by atoms with Crippen molar-refractivity contribution in [1.29, 1.82) is 0 Å². The van der Waals surface area contributed by atoms with Crippen molar-refractivity contribution in [2.24, 2.45) is 0 Å². The zero-order valence-electron chi connectivity index (χ0n) is 10.7. The molecule has 0 fully saturated rings. The molecule has 0 aliphatic heterocycles. The van der Waals surface area contributed by atoms with Gasteiger partial charge in [-0.3, -0.25) is 0 Å². The predicted molar refractivity (Wildman–Crippen MR) is 66.2 cm³/mol. The Balaban J connectivity index is 2.10. The Morgan fingerprint density at radius 3 is 2.59 bits per heavy atom. The topological polar surface area (TPSA) is 35.3 Å². The third kappa shape index (κ3) is 2.49. The highest BCUT2D eigenvalue weighted by atomic mass is 16.5. The number of oxazole rings is 1. The van der Waals surface area contributed by atoms with Crippen LogP contribution in [0.15, 0.2) is 22.6 Å². The first kappa shape index (κ1) is 11.7. The van der Waals surface area contributed by atoms with Crippen LogP contribution >= 0.6 is 0 Å². The summed E-state index contributed by atoms with van der Waals surface area (Å²) in [4.78, 5) is 4.29. The molecule has 1 aromatic heterocycles. The summed E-state index contributed by atoms with van der Waals surface area (Å²) < 4.78 is 11.2. The van der Waals surface area contributed by atoms with Crippen molar-refractivity contribution < 1.29 is 9.15 Å². The van der Waals surface area contributed by atoms with Gasteiger partial charge in [0.1, 0.15) is 11.5 Å². The number of ether oxygens (including phenoxy) is 1. The fraction of sp³-hybridized carbons (Fsp3) is 0.357. The van der Waals surface area contributed by atoms with Gasteiger partial charge in [-0.2, -0.15) is 0 Å². The van der Waals surface area contributed by atoms with E-state index < -0.39 is 0 Å². The normalized spacial score (nSPS) is 10.6. The fourth-order valence-corrected chi connectivity index (χ4v) is 1.62. The van der Waals surface area contributed by atoms with Gasteiger partial charge in [0.2, 0.25) is 5.89 Å². The van der Waals surface area contributed by atoms with Crippen LogP contribution in [0.25, 0.3) is 0 Å². The lowest BCUT2D eigenvalue weighted by atomic mass is 10.1. The maximum Gasteiger partial charge on any atom is 0.232 e. The quantitative estimate of drug-likeness (QED) is 0.811. The highest BCUT2D eigenvalue weighted by Gasteiger charge is 2.07. The first-order chi connectivity index (χ1) is 8.08. The minimum atomic E-state index is 0.374. The number of aryl methyl sites for hydroxylation is 3. The standard InChI is InChI=1S/C14H17NO2/c1-9-6-5-7-13(10(9)2)16-8-14-15-11(3)12(4)17-14/h5-7H,8H2,1-4H3. The Labute approximate surface area is 101 Å². The molecule has 3 heteroatoms. The zero-order chi connectivity index (χ0) is 12.4.